The number of ketones is 1. The maximum Gasteiger partial charge on any atom is 0.312 e. The number of ether oxygens (including phenoxy) is 1. The first-order chi connectivity index (χ1) is 15.2. The van der Waals surface area contributed by atoms with Gasteiger partial charge in [-0.15, -0.1) is 0 Å². The molecule has 1 aliphatic heterocycles. The highest BCUT2D eigenvalue weighted by atomic mass is 16.6. The highest BCUT2D eigenvalue weighted by Crippen LogP contribution is 2.21. The number of rotatable bonds is 7. The number of hydrazine groups is 1. The van der Waals surface area contributed by atoms with Crippen molar-refractivity contribution in [3.63, 3.8) is 0 Å². The van der Waals surface area contributed by atoms with Gasteiger partial charge in [0.15, 0.2) is 6.10 Å². The van der Waals surface area contributed by atoms with Crippen molar-refractivity contribution in [2.45, 2.75) is 26.4 Å². The zero-order valence-electron chi connectivity index (χ0n) is 17.4. The minimum atomic E-state index is -1.05. The molecular formula is C22H21N3O7. The Kier molecular flexibility index (Phi) is 6.62. The number of para-hydroxylation sites is 1. The Balaban J connectivity index is 1.61. The first-order valence-electron chi connectivity index (χ1n) is 9.83. The van der Waals surface area contributed by atoms with Crippen molar-refractivity contribution in [1.82, 2.24) is 10.4 Å². The van der Waals surface area contributed by atoms with Crippen LogP contribution in [0.1, 0.15) is 39.6 Å². The summed E-state index contributed by atoms with van der Waals surface area (Å²) >= 11 is 0. The van der Waals surface area contributed by atoms with Gasteiger partial charge in [-0.3, -0.25) is 39.7 Å². The lowest BCUT2D eigenvalue weighted by atomic mass is 10.1. The Bertz CT molecular complexity index is 1080. The third-order valence-electron chi connectivity index (χ3n) is 5.04. The summed E-state index contributed by atoms with van der Waals surface area (Å²) in [6.07, 6.45) is -1.27. The van der Waals surface area contributed by atoms with Crippen molar-refractivity contribution in [1.29, 1.82) is 0 Å². The van der Waals surface area contributed by atoms with Gasteiger partial charge in [0, 0.05) is 18.1 Å². The molecule has 0 aromatic heterocycles. The predicted octanol–water partition coefficient (Wildman–Crippen LogP) is 2.21. The van der Waals surface area contributed by atoms with Gasteiger partial charge in [-0.1, -0.05) is 42.0 Å². The van der Waals surface area contributed by atoms with Crippen LogP contribution >= 0.6 is 0 Å². The summed E-state index contributed by atoms with van der Waals surface area (Å²) in [6, 6.07) is 12.1. The minimum Gasteiger partial charge on any atom is -0.454 e. The number of benzene rings is 2. The Morgan fingerprint density at radius 3 is 2.47 bits per heavy atom. The normalized spacial score (nSPS) is 16.4. The summed E-state index contributed by atoms with van der Waals surface area (Å²) in [6.45, 7) is 3.16. The summed E-state index contributed by atoms with van der Waals surface area (Å²) in [5.41, 5.74) is 3.06. The summed E-state index contributed by atoms with van der Waals surface area (Å²) in [4.78, 5) is 60.0. The van der Waals surface area contributed by atoms with Crippen LogP contribution in [0.4, 0.5) is 5.69 Å². The van der Waals surface area contributed by atoms with E-state index in [1.54, 1.807) is 24.3 Å². The van der Waals surface area contributed by atoms with Crippen molar-refractivity contribution in [2.75, 3.05) is 6.54 Å². The molecule has 2 atom stereocenters. The van der Waals surface area contributed by atoms with E-state index >= 15 is 0 Å². The topological polar surface area (TPSA) is 136 Å². The maximum atomic E-state index is 12.5. The van der Waals surface area contributed by atoms with Crippen molar-refractivity contribution in [3.8, 4) is 0 Å². The molecule has 1 aliphatic rings. The van der Waals surface area contributed by atoms with E-state index in [1.165, 1.54) is 31.2 Å². The summed E-state index contributed by atoms with van der Waals surface area (Å²) in [5.74, 6) is -3.39. The molecule has 1 N–H and O–H groups in total. The number of nitrogens with zero attached hydrogens (tertiary/aromatic N) is 2. The van der Waals surface area contributed by atoms with Crippen molar-refractivity contribution < 1.29 is 28.8 Å². The number of carbonyl (C=O) groups is 4. The Labute approximate surface area is 183 Å². The highest BCUT2D eigenvalue weighted by molar-refractivity contribution is 6.01. The molecular weight excluding hydrogens is 418 g/mol. The highest BCUT2D eigenvalue weighted by Gasteiger charge is 2.38. The molecule has 2 aromatic carbocycles. The molecule has 0 aliphatic carbocycles. The van der Waals surface area contributed by atoms with Crippen LogP contribution in [0, 0.1) is 23.0 Å². The quantitative estimate of drug-likeness (QED) is 0.302. The number of Topliss-reactive ketones (excluding diaryl/α,β-unsaturated/α-hetero) is 1. The van der Waals surface area contributed by atoms with Gasteiger partial charge in [0.25, 0.3) is 11.6 Å². The van der Waals surface area contributed by atoms with E-state index in [4.69, 9.17) is 4.74 Å². The molecule has 1 heterocycles. The predicted molar refractivity (Wildman–Crippen MR) is 111 cm³/mol. The fourth-order valence-corrected chi connectivity index (χ4v) is 3.26. The Hall–Kier alpha value is -4.08. The molecule has 2 aromatic rings. The number of nitro benzene ring substituents is 1. The van der Waals surface area contributed by atoms with Crippen LogP contribution in [0.25, 0.3) is 0 Å². The van der Waals surface area contributed by atoms with Gasteiger partial charge >= 0.3 is 5.97 Å². The van der Waals surface area contributed by atoms with Crippen LogP contribution < -0.4 is 5.43 Å². The summed E-state index contributed by atoms with van der Waals surface area (Å²) in [7, 11) is 0. The van der Waals surface area contributed by atoms with Crippen LogP contribution in [0.15, 0.2) is 48.5 Å². The molecule has 0 spiro atoms. The Morgan fingerprint density at radius 1 is 1.16 bits per heavy atom. The lowest BCUT2D eigenvalue weighted by Crippen LogP contribution is -2.43. The van der Waals surface area contributed by atoms with E-state index in [1.807, 2.05) is 6.92 Å². The van der Waals surface area contributed by atoms with Gasteiger partial charge in [-0.05, 0) is 19.9 Å². The molecule has 32 heavy (non-hydrogen) atoms. The fourth-order valence-electron chi connectivity index (χ4n) is 3.26. The lowest BCUT2D eigenvalue weighted by molar-refractivity contribution is -0.385. The molecule has 166 valence electrons. The van der Waals surface area contributed by atoms with Gasteiger partial charge in [-0.2, -0.15) is 0 Å². The Morgan fingerprint density at radius 2 is 1.81 bits per heavy atom. The van der Waals surface area contributed by atoms with Gasteiger partial charge in [-0.25, -0.2) is 0 Å². The third-order valence-corrected chi connectivity index (χ3v) is 5.04. The molecule has 0 radical (unpaired) electrons. The monoisotopic (exact) mass is 439 g/mol. The average molecular weight is 439 g/mol. The molecule has 10 nitrogen and oxygen atoms in total. The SMILES string of the molecule is Cc1ccc(C(=O)[C@@H](C)OC(=O)[C@H]2CC(=O)N(NC(=O)c3ccccc3[N+](=O)[O-])C2)cc1. The molecule has 0 unspecified atom stereocenters. The van der Waals surface area contributed by atoms with Crippen LogP contribution in [0.3, 0.4) is 0 Å². The van der Waals surface area contributed by atoms with E-state index in [9.17, 15) is 29.3 Å². The molecule has 3 rings (SSSR count). The number of amides is 2. The number of carbonyl (C=O) groups excluding carboxylic acids is 4. The second-order valence-corrected chi connectivity index (χ2v) is 7.43. The van der Waals surface area contributed by atoms with Crippen molar-refractivity contribution in [3.05, 3.63) is 75.3 Å². The molecule has 1 fully saturated rings. The average Bonchev–Trinajstić information content (AvgIpc) is 3.14. The van der Waals surface area contributed by atoms with Gasteiger partial charge in [0.05, 0.1) is 17.4 Å². The number of nitrogens with one attached hydrogen (secondary N) is 1. The van der Waals surface area contributed by atoms with Crippen molar-refractivity contribution >= 4 is 29.3 Å². The van der Waals surface area contributed by atoms with Crippen molar-refractivity contribution in [2.24, 2.45) is 5.92 Å². The minimum absolute atomic E-state index is 0.171. The van der Waals surface area contributed by atoms with Gasteiger partial charge in [0.2, 0.25) is 11.7 Å². The van der Waals surface area contributed by atoms with E-state index in [0.29, 0.717) is 5.56 Å². The van der Waals surface area contributed by atoms with E-state index < -0.39 is 40.4 Å². The molecule has 2 amide bonds. The first-order valence-corrected chi connectivity index (χ1v) is 9.83. The van der Waals surface area contributed by atoms with Gasteiger partial charge in [0.1, 0.15) is 5.56 Å². The third kappa shape index (κ3) is 4.97. The second-order valence-electron chi connectivity index (χ2n) is 7.43. The number of aryl methyl sites for hydroxylation is 1. The molecule has 0 saturated carbocycles. The molecule has 0 bridgehead atoms. The first kappa shape index (κ1) is 22.6. The zero-order valence-corrected chi connectivity index (χ0v) is 17.4. The number of hydrogen-bond acceptors (Lipinski definition) is 7. The zero-order chi connectivity index (χ0) is 23.4. The second kappa shape index (κ2) is 9.38. The van der Waals surface area contributed by atoms with Gasteiger partial charge < -0.3 is 4.74 Å². The summed E-state index contributed by atoms with van der Waals surface area (Å²) in [5, 5.41) is 12.0. The number of hydrogen-bond donors (Lipinski definition) is 1. The smallest absolute Gasteiger partial charge is 0.312 e. The van der Waals surface area contributed by atoms with E-state index in [0.717, 1.165) is 10.6 Å². The van der Waals surface area contributed by atoms with E-state index in [2.05, 4.69) is 5.43 Å². The lowest BCUT2D eigenvalue weighted by Gasteiger charge is -2.18. The van der Waals surface area contributed by atoms with Crippen LogP contribution in [-0.2, 0) is 14.3 Å². The number of esters is 1. The largest absolute Gasteiger partial charge is 0.454 e. The summed E-state index contributed by atoms with van der Waals surface area (Å²) < 4.78 is 5.25. The molecule has 10 heteroatoms. The molecule has 1 saturated heterocycles. The maximum absolute atomic E-state index is 12.5. The standard InChI is InChI=1S/C22H21N3O7/c1-13-7-9-15(10-8-13)20(27)14(2)32-22(29)16-11-19(26)24(12-16)23-21(28)17-5-3-4-6-18(17)25(30)31/h3-10,14,16H,11-12H2,1-2H3,(H,23,28)/t14-,16+/m1/s1. The fraction of sp³-hybridized carbons (Fsp3) is 0.273. The van der Waals surface area contributed by atoms with E-state index in [-0.39, 0.29) is 24.3 Å². The number of nitro groups is 1. The van der Waals surface area contributed by atoms with Crippen LogP contribution in [-0.4, -0.2) is 46.1 Å². The van der Waals surface area contributed by atoms with Crippen LogP contribution in [0.5, 0.6) is 0 Å². The van der Waals surface area contributed by atoms with Crippen LogP contribution in [0.2, 0.25) is 0 Å².